The number of nitrogens with zero attached hydrogens (tertiary/aromatic N) is 4. The smallest absolute Gasteiger partial charge is 0.419 e. The minimum absolute atomic E-state index is 0.159. The van der Waals surface area contributed by atoms with Crippen LogP contribution in [0.3, 0.4) is 0 Å². The van der Waals surface area contributed by atoms with Crippen molar-refractivity contribution >= 4 is 22.7 Å². The average Bonchev–Trinajstić information content (AvgIpc) is 3.02. The van der Waals surface area contributed by atoms with Gasteiger partial charge in [-0.3, -0.25) is 0 Å². The number of anilines is 2. The van der Waals surface area contributed by atoms with Gasteiger partial charge in [0.2, 0.25) is 5.95 Å². The fourth-order valence-corrected chi connectivity index (χ4v) is 2.84. The first kappa shape index (κ1) is 19.5. The van der Waals surface area contributed by atoms with Crippen molar-refractivity contribution in [1.82, 2.24) is 19.5 Å². The van der Waals surface area contributed by atoms with E-state index in [-0.39, 0.29) is 6.01 Å². The van der Waals surface area contributed by atoms with E-state index in [9.17, 15) is 13.2 Å². The molecule has 0 aliphatic heterocycles. The number of hydrogen-bond donors (Lipinski definition) is 2. The van der Waals surface area contributed by atoms with Crippen LogP contribution in [-0.4, -0.2) is 19.5 Å². The third-order valence-electron chi connectivity index (χ3n) is 4.44. The molecule has 2 aromatic heterocycles. The number of hydrogen-bond acceptors (Lipinski definition) is 6. The standard InChI is InChI=1S/C20H17F3N6O/c1-29-17-8-14(24)4-7-16(17)28-18(29)25-9-12-2-5-15(6-3-12)30-19-26-10-13(11-27-19)20(21,22)23/h2-8,10-11H,9,24H2,1H3,(H,25,28). The molecule has 0 fully saturated rings. The van der Waals surface area contributed by atoms with Crippen LogP contribution in [0.25, 0.3) is 11.0 Å². The maximum atomic E-state index is 12.6. The first-order chi connectivity index (χ1) is 14.3. The molecule has 0 saturated carbocycles. The summed E-state index contributed by atoms with van der Waals surface area (Å²) in [7, 11) is 1.90. The van der Waals surface area contributed by atoms with Crippen LogP contribution in [-0.2, 0) is 19.8 Å². The summed E-state index contributed by atoms with van der Waals surface area (Å²) in [5.74, 6) is 1.12. The van der Waals surface area contributed by atoms with E-state index in [1.165, 1.54) is 0 Å². The van der Waals surface area contributed by atoms with Crippen molar-refractivity contribution in [2.75, 3.05) is 11.1 Å². The Morgan fingerprint density at radius 2 is 1.77 bits per heavy atom. The predicted octanol–water partition coefficient (Wildman–Crippen LogP) is 4.37. The molecule has 2 aromatic carbocycles. The summed E-state index contributed by atoms with van der Waals surface area (Å²) in [5.41, 5.74) is 8.30. The Morgan fingerprint density at radius 3 is 2.43 bits per heavy atom. The minimum Gasteiger partial charge on any atom is -0.424 e. The lowest BCUT2D eigenvalue weighted by atomic mass is 10.2. The number of alkyl halides is 3. The largest absolute Gasteiger partial charge is 0.424 e. The van der Waals surface area contributed by atoms with Gasteiger partial charge in [-0.1, -0.05) is 12.1 Å². The number of fused-ring (bicyclic) bond motifs is 1. The number of nitrogen functional groups attached to an aromatic ring is 1. The van der Waals surface area contributed by atoms with Crippen molar-refractivity contribution in [2.24, 2.45) is 7.05 Å². The zero-order valence-corrected chi connectivity index (χ0v) is 15.8. The summed E-state index contributed by atoms with van der Waals surface area (Å²) in [4.78, 5) is 11.7. The molecule has 3 N–H and O–H groups in total. The molecule has 0 radical (unpaired) electrons. The molecule has 0 amide bonds. The number of nitrogens with one attached hydrogen (secondary N) is 1. The van der Waals surface area contributed by atoms with Crippen molar-refractivity contribution in [1.29, 1.82) is 0 Å². The molecule has 4 aromatic rings. The van der Waals surface area contributed by atoms with Crippen LogP contribution in [0.15, 0.2) is 54.9 Å². The predicted molar refractivity (Wildman–Crippen MR) is 106 cm³/mol. The number of benzene rings is 2. The van der Waals surface area contributed by atoms with E-state index in [4.69, 9.17) is 10.5 Å². The molecule has 0 aliphatic carbocycles. The second kappa shape index (κ2) is 7.54. The quantitative estimate of drug-likeness (QED) is 0.472. The first-order valence-corrected chi connectivity index (χ1v) is 8.91. The summed E-state index contributed by atoms with van der Waals surface area (Å²) in [6.07, 6.45) is -3.12. The third-order valence-corrected chi connectivity index (χ3v) is 4.44. The second-order valence-corrected chi connectivity index (χ2v) is 6.59. The van der Waals surface area contributed by atoms with Crippen LogP contribution in [0.5, 0.6) is 11.8 Å². The van der Waals surface area contributed by atoms with Crippen LogP contribution < -0.4 is 15.8 Å². The second-order valence-electron chi connectivity index (χ2n) is 6.59. The Kier molecular flexibility index (Phi) is 4.90. The summed E-state index contributed by atoms with van der Waals surface area (Å²) >= 11 is 0. The molecule has 0 atom stereocenters. The Labute approximate surface area is 169 Å². The molecule has 0 aliphatic rings. The van der Waals surface area contributed by atoms with Gasteiger partial charge < -0.3 is 20.4 Å². The highest BCUT2D eigenvalue weighted by molar-refractivity contribution is 5.81. The maximum absolute atomic E-state index is 12.6. The molecular weight excluding hydrogens is 397 g/mol. The number of aryl methyl sites for hydroxylation is 1. The van der Waals surface area contributed by atoms with Crippen LogP contribution in [0.2, 0.25) is 0 Å². The molecule has 0 spiro atoms. The number of halogens is 3. The Balaban J connectivity index is 1.40. The average molecular weight is 414 g/mol. The van der Waals surface area contributed by atoms with Crippen molar-refractivity contribution < 1.29 is 17.9 Å². The van der Waals surface area contributed by atoms with Gasteiger partial charge in [-0.2, -0.15) is 13.2 Å². The topological polar surface area (TPSA) is 90.9 Å². The minimum atomic E-state index is -4.49. The van der Waals surface area contributed by atoms with Crippen molar-refractivity contribution in [3.05, 3.63) is 66.0 Å². The Hall–Kier alpha value is -3.82. The van der Waals surface area contributed by atoms with Crippen molar-refractivity contribution in [2.45, 2.75) is 12.7 Å². The van der Waals surface area contributed by atoms with Gasteiger partial charge in [0.1, 0.15) is 5.75 Å². The van der Waals surface area contributed by atoms with Gasteiger partial charge in [0.05, 0.1) is 16.6 Å². The molecule has 154 valence electrons. The van der Waals surface area contributed by atoms with E-state index in [0.717, 1.165) is 16.6 Å². The van der Waals surface area contributed by atoms with Gasteiger partial charge in [-0.05, 0) is 35.9 Å². The molecular formula is C20H17F3N6O. The summed E-state index contributed by atoms with van der Waals surface area (Å²) in [6, 6.07) is 12.4. The SMILES string of the molecule is Cn1c(NCc2ccc(Oc3ncc(C(F)(F)F)cn3)cc2)nc2ccc(N)cc21. The lowest BCUT2D eigenvalue weighted by Gasteiger charge is -2.09. The number of nitrogens with two attached hydrogens (primary N) is 1. The lowest BCUT2D eigenvalue weighted by molar-refractivity contribution is -0.138. The van der Waals surface area contributed by atoms with Gasteiger partial charge in [-0.15, -0.1) is 0 Å². The molecule has 7 nitrogen and oxygen atoms in total. The molecule has 0 bridgehead atoms. The van der Waals surface area contributed by atoms with Crippen LogP contribution in [0, 0.1) is 0 Å². The van der Waals surface area contributed by atoms with Gasteiger partial charge in [0.25, 0.3) is 0 Å². The highest BCUT2D eigenvalue weighted by Gasteiger charge is 2.31. The highest BCUT2D eigenvalue weighted by atomic mass is 19.4. The van der Waals surface area contributed by atoms with E-state index >= 15 is 0 Å². The number of aromatic nitrogens is 4. The fourth-order valence-electron chi connectivity index (χ4n) is 2.84. The van der Waals surface area contributed by atoms with Crippen molar-refractivity contribution in [3.63, 3.8) is 0 Å². The van der Waals surface area contributed by atoms with E-state index in [1.807, 2.05) is 35.9 Å². The van der Waals surface area contributed by atoms with Gasteiger partial charge in [-0.25, -0.2) is 15.0 Å². The molecule has 2 heterocycles. The highest BCUT2D eigenvalue weighted by Crippen LogP contribution is 2.29. The van der Waals surface area contributed by atoms with E-state index in [2.05, 4.69) is 20.3 Å². The first-order valence-electron chi connectivity index (χ1n) is 8.91. The Morgan fingerprint density at radius 1 is 1.07 bits per heavy atom. The van der Waals surface area contributed by atoms with Gasteiger partial charge in [0.15, 0.2) is 0 Å². The molecule has 0 saturated heterocycles. The summed E-state index contributed by atoms with van der Waals surface area (Å²) < 4.78 is 45.0. The van der Waals surface area contributed by atoms with Crippen LogP contribution in [0.4, 0.5) is 24.8 Å². The zero-order valence-electron chi connectivity index (χ0n) is 15.8. The molecule has 0 unspecified atom stereocenters. The maximum Gasteiger partial charge on any atom is 0.419 e. The van der Waals surface area contributed by atoms with Gasteiger partial charge >= 0.3 is 12.2 Å². The molecule has 30 heavy (non-hydrogen) atoms. The molecule has 10 heteroatoms. The lowest BCUT2D eigenvalue weighted by Crippen LogP contribution is -2.06. The third kappa shape index (κ3) is 4.12. The number of rotatable bonds is 5. The van der Waals surface area contributed by atoms with Crippen LogP contribution >= 0.6 is 0 Å². The van der Waals surface area contributed by atoms with E-state index in [1.54, 1.807) is 18.2 Å². The van der Waals surface area contributed by atoms with Crippen LogP contribution in [0.1, 0.15) is 11.1 Å². The number of imidazole rings is 1. The Bertz CT molecular complexity index is 1170. The summed E-state index contributed by atoms with van der Waals surface area (Å²) in [6.45, 7) is 0.518. The molecule has 4 rings (SSSR count). The normalized spacial score (nSPS) is 11.6. The zero-order chi connectivity index (χ0) is 21.3. The van der Waals surface area contributed by atoms with E-state index < -0.39 is 11.7 Å². The fraction of sp³-hybridized carbons (Fsp3) is 0.150. The number of ether oxygens (including phenoxy) is 1. The summed E-state index contributed by atoms with van der Waals surface area (Å²) in [5, 5.41) is 3.27. The van der Waals surface area contributed by atoms with E-state index in [0.29, 0.717) is 36.3 Å². The van der Waals surface area contributed by atoms with Crippen molar-refractivity contribution in [3.8, 4) is 11.8 Å². The van der Waals surface area contributed by atoms with Gasteiger partial charge in [0, 0.05) is 31.7 Å². The monoisotopic (exact) mass is 414 g/mol.